The molecule has 0 amide bonds. The second kappa shape index (κ2) is 2.79. The van der Waals surface area contributed by atoms with Gasteiger partial charge in [-0.3, -0.25) is 0 Å². The van der Waals surface area contributed by atoms with Gasteiger partial charge < -0.3 is 11.1 Å². The van der Waals surface area contributed by atoms with E-state index in [1.54, 1.807) is 6.07 Å². The van der Waals surface area contributed by atoms with Gasteiger partial charge in [0.25, 0.3) is 0 Å². The largest absolute Gasteiger partial charge is 0.368 e. The molecule has 0 unspecified atom stereocenters. The molecule has 5 heteroatoms. The Kier molecular flexibility index (Phi) is 1.77. The summed E-state index contributed by atoms with van der Waals surface area (Å²) >= 11 is 5.68. The number of nitrogens with zero attached hydrogens (tertiary/aromatic N) is 2. The molecule has 0 aliphatic heterocycles. The second-order valence-corrected chi connectivity index (χ2v) is 3.24. The second-order valence-electron chi connectivity index (χ2n) is 2.85. The maximum Gasteiger partial charge on any atom is 0.223 e. The highest BCUT2D eigenvalue weighted by Crippen LogP contribution is 2.24. The van der Waals surface area contributed by atoms with Gasteiger partial charge in [-0.2, -0.15) is 4.98 Å². The van der Waals surface area contributed by atoms with Crippen molar-refractivity contribution in [2.75, 3.05) is 11.1 Å². The van der Waals surface area contributed by atoms with Crippen LogP contribution >= 0.6 is 11.6 Å². The summed E-state index contributed by atoms with van der Waals surface area (Å²) in [5, 5.41) is 3.56. The lowest BCUT2D eigenvalue weighted by Gasteiger charge is -2.03. The van der Waals surface area contributed by atoms with Crippen LogP contribution in [0.5, 0.6) is 0 Å². The van der Waals surface area contributed by atoms with Gasteiger partial charge in [-0.15, -0.1) is 0 Å². The smallest absolute Gasteiger partial charge is 0.223 e. The molecule has 4 nitrogen and oxygen atoms in total. The van der Waals surface area contributed by atoms with Gasteiger partial charge >= 0.3 is 0 Å². The SMILES string of the molecule is Nc1nc(Cl)cc(NC2CC2)n1. The number of anilines is 2. The summed E-state index contributed by atoms with van der Waals surface area (Å²) in [4.78, 5) is 7.74. The fraction of sp³-hybridized carbons (Fsp3) is 0.429. The van der Waals surface area contributed by atoms with Crippen molar-refractivity contribution in [3.05, 3.63) is 11.2 Å². The number of halogens is 1. The third kappa shape index (κ3) is 1.76. The molecule has 0 atom stereocenters. The molecule has 1 aromatic heterocycles. The van der Waals surface area contributed by atoms with E-state index in [1.807, 2.05) is 0 Å². The number of nitrogen functional groups attached to an aromatic ring is 1. The highest BCUT2D eigenvalue weighted by atomic mass is 35.5. The minimum atomic E-state index is 0.214. The van der Waals surface area contributed by atoms with Crippen molar-refractivity contribution in [2.24, 2.45) is 0 Å². The molecule has 1 aromatic rings. The standard InChI is InChI=1S/C7H9ClN4/c8-5-3-6(10-4-1-2-4)12-7(9)11-5/h3-4H,1-2H2,(H3,9,10,11,12). The van der Waals surface area contributed by atoms with E-state index in [4.69, 9.17) is 17.3 Å². The Morgan fingerprint density at radius 2 is 2.25 bits per heavy atom. The molecular formula is C7H9ClN4. The van der Waals surface area contributed by atoms with E-state index in [2.05, 4.69) is 15.3 Å². The number of nitrogens with one attached hydrogen (secondary N) is 1. The van der Waals surface area contributed by atoms with Crippen LogP contribution in [0.1, 0.15) is 12.8 Å². The lowest BCUT2D eigenvalue weighted by atomic mass is 10.5. The molecule has 0 aromatic carbocycles. The van der Waals surface area contributed by atoms with Crippen molar-refractivity contribution < 1.29 is 0 Å². The van der Waals surface area contributed by atoms with Crippen LogP contribution in [0.25, 0.3) is 0 Å². The van der Waals surface area contributed by atoms with E-state index in [0.29, 0.717) is 11.2 Å². The highest BCUT2D eigenvalue weighted by Gasteiger charge is 2.21. The van der Waals surface area contributed by atoms with Crippen molar-refractivity contribution in [3.8, 4) is 0 Å². The molecule has 12 heavy (non-hydrogen) atoms. The van der Waals surface area contributed by atoms with Crippen LogP contribution in [0, 0.1) is 0 Å². The Balaban J connectivity index is 2.18. The van der Waals surface area contributed by atoms with E-state index in [1.165, 1.54) is 12.8 Å². The summed E-state index contributed by atoms with van der Waals surface area (Å²) in [5.41, 5.74) is 5.41. The predicted molar refractivity (Wildman–Crippen MR) is 48.1 cm³/mol. The van der Waals surface area contributed by atoms with Gasteiger partial charge in [0.2, 0.25) is 5.95 Å². The van der Waals surface area contributed by atoms with Gasteiger partial charge in [-0.05, 0) is 12.8 Å². The number of nitrogens with two attached hydrogens (primary N) is 1. The van der Waals surface area contributed by atoms with Gasteiger partial charge in [0, 0.05) is 12.1 Å². The van der Waals surface area contributed by atoms with E-state index in [-0.39, 0.29) is 5.95 Å². The Morgan fingerprint density at radius 1 is 1.50 bits per heavy atom. The average molecular weight is 185 g/mol. The Morgan fingerprint density at radius 3 is 2.83 bits per heavy atom. The van der Waals surface area contributed by atoms with Gasteiger partial charge in [-0.25, -0.2) is 4.98 Å². The lowest BCUT2D eigenvalue weighted by Crippen LogP contribution is -2.05. The monoisotopic (exact) mass is 184 g/mol. The molecule has 0 radical (unpaired) electrons. The minimum Gasteiger partial charge on any atom is -0.368 e. The normalized spacial score (nSPS) is 16.1. The van der Waals surface area contributed by atoms with Crippen LogP contribution in [0.4, 0.5) is 11.8 Å². The summed E-state index contributed by atoms with van der Waals surface area (Å²) < 4.78 is 0. The third-order valence-electron chi connectivity index (χ3n) is 1.64. The highest BCUT2D eigenvalue weighted by molar-refractivity contribution is 6.29. The zero-order valence-corrected chi connectivity index (χ0v) is 7.17. The molecule has 3 N–H and O–H groups in total. The zero-order chi connectivity index (χ0) is 8.55. The molecule has 64 valence electrons. The molecule has 1 saturated carbocycles. The maximum absolute atomic E-state index is 5.68. The molecule has 1 aliphatic carbocycles. The zero-order valence-electron chi connectivity index (χ0n) is 6.42. The van der Waals surface area contributed by atoms with Crippen LogP contribution in [0.3, 0.4) is 0 Å². The molecule has 0 bridgehead atoms. The van der Waals surface area contributed by atoms with Gasteiger partial charge in [0.1, 0.15) is 11.0 Å². The number of hydrogen-bond donors (Lipinski definition) is 2. The number of rotatable bonds is 2. The summed E-state index contributed by atoms with van der Waals surface area (Å²) in [6, 6.07) is 2.23. The average Bonchev–Trinajstić information content (AvgIpc) is 2.68. The third-order valence-corrected chi connectivity index (χ3v) is 1.84. The topological polar surface area (TPSA) is 63.8 Å². The van der Waals surface area contributed by atoms with Gasteiger partial charge in [0.05, 0.1) is 0 Å². The van der Waals surface area contributed by atoms with Crippen molar-refractivity contribution in [1.29, 1.82) is 0 Å². The van der Waals surface area contributed by atoms with Gasteiger partial charge in [0.15, 0.2) is 0 Å². The van der Waals surface area contributed by atoms with Crippen LogP contribution in [-0.4, -0.2) is 16.0 Å². The molecule has 0 saturated heterocycles. The first-order valence-electron chi connectivity index (χ1n) is 3.80. The van der Waals surface area contributed by atoms with Crippen LogP contribution in [-0.2, 0) is 0 Å². The first-order valence-corrected chi connectivity index (χ1v) is 4.18. The minimum absolute atomic E-state index is 0.214. The van der Waals surface area contributed by atoms with E-state index < -0.39 is 0 Å². The first-order chi connectivity index (χ1) is 5.74. The maximum atomic E-state index is 5.68. The molecule has 0 spiro atoms. The summed E-state index contributed by atoms with van der Waals surface area (Å²) in [6.45, 7) is 0. The quantitative estimate of drug-likeness (QED) is 0.680. The Labute approximate surface area is 75.2 Å². The summed E-state index contributed by atoms with van der Waals surface area (Å²) in [6.07, 6.45) is 2.39. The van der Waals surface area contributed by atoms with Crippen molar-refractivity contribution in [2.45, 2.75) is 18.9 Å². The number of hydrogen-bond acceptors (Lipinski definition) is 4. The molecule has 1 heterocycles. The predicted octanol–water partition coefficient (Wildman–Crippen LogP) is 1.29. The fourth-order valence-corrected chi connectivity index (χ4v) is 1.14. The molecular weight excluding hydrogens is 176 g/mol. The van der Waals surface area contributed by atoms with Crippen molar-refractivity contribution in [1.82, 2.24) is 9.97 Å². The number of aromatic nitrogens is 2. The Hall–Kier alpha value is -1.03. The van der Waals surface area contributed by atoms with Crippen LogP contribution in [0.15, 0.2) is 6.07 Å². The van der Waals surface area contributed by atoms with E-state index in [0.717, 1.165) is 5.82 Å². The fourth-order valence-electron chi connectivity index (χ4n) is 0.946. The van der Waals surface area contributed by atoms with E-state index >= 15 is 0 Å². The lowest BCUT2D eigenvalue weighted by molar-refractivity contribution is 1.09. The van der Waals surface area contributed by atoms with Crippen molar-refractivity contribution in [3.63, 3.8) is 0 Å². The van der Waals surface area contributed by atoms with Crippen LogP contribution < -0.4 is 11.1 Å². The molecule has 1 aliphatic rings. The molecule has 1 fully saturated rings. The Bertz CT molecular complexity index is 277. The first kappa shape index (κ1) is 7.61. The summed E-state index contributed by atoms with van der Waals surface area (Å²) in [7, 11) is 0. The molecule has 2 rings (SSSR count). The van der Waals surface area contributed by atoms with Gasteiger partial charge in [-0.1, -0.05) is 11.6 Å². The summed E-state index contributed by atoms with van der Waals surface area (Å²) in [5.74, 6) is 0.931. The van der Waals surface area contributed by atoms with E-state index in [9.17, 15) is 0 Å². The van der Waals surface area contributed by atoms with Crippen LogP contribution in [0.2, 0.25) is 5.15 Å². The van der Waals surface area contributed by atoms with Crippen molar-refractivity contribution >= 4 is 23.4 Å².